The van der Waals surface area contributed by atoms with Crippen LogP contribution in [-0.2, 0) is 0 Å². The lowest BCUT2D eigenvalue weighted by molar-refractivity contribution is -0.119. The highest BCUT2D eigenvalue weighted by Crippen LogP contribution is 2.52. The highest BCUT2D eigenvalue weighted by Gasteiger charge is 2.37. The molecule has 0 bridgehead atoms. The molecule has 0 radical (unpaired) electrons. The Morgan fingerprint density at radius 2 is 1.90 bits per heavy atom. The Morgan fingerprint density at radius 3 is 2.33 bits per heavy atom. The summed E-state index contributed by atoms with van der Waals surface area (Å²) in [6, 6.07) is 0. The van der Waals surface area contributed by atoms with E-state index in [1.165, 1.54) is 11.9 Å². The van der Waals surface area contributed by atoms with E-state index in [0.29, 0.717) is 21.1 Å². The van der Waals surface area contributed by atoms with Crippen LogP contribution in [0.25, 0.3) is 0 Å². The molecule has 0 aliphatic heterocycles. The van der Waals surface area contributed by atoms with Gasteiger partial charge in [0.15, 0.2) is 0 Å². The van der Waals surface area contributed by atoms with Gasteiger partial charge in [0.05, 0.1) is 10.7 Å². The predicted octanol–water partition coefficient (Wildman–Crippen LogP) is 2.91. The number of nitrogens with two attached hydrogens (primary N) is 1. The third kappa shape index (κ3) is 3.42. The summed E-state index contributed by atoms with van der Waals surface area (Å²) in [5, 5.41) is 0.456. The molecule has 21 heavy (non-hydrogen) atoms. The van der Waals surface area contributed by atoms with Crippen molar-refractivity contribution in [1.29, 1.82) is 0 Å². The van der Waals surface area contributed by atoms with Crippen LogP contribution < -0.4 is 10.6 Å². The summed E-state index contributed by atoms with van der Waals surface area (Å²) in [5.41, 5.74) is 7.08. The summed E-state index contributed by atoms with van der Waals surface area (Å²) in [6.45, 7) is -1.05. The van der Waals surface area contributed by atoms with Gasteiger partial charge in [-0.3, -0.25) is 4.79 Å². The largest absolute Gasteiger partial charge is 0.405 e. The second-order valence-electron chi connectivity index (χ2n) is 5.51. The SMILES string of the molecule is CN(C)C(=O)c1sc(N(C)CC(F)(F)F)c(C2CC2)c1N. The first-order valence-electron chi connectivity index (χ1n) is 6.53. The minimum Gasteiger partial charge on any atom is -0.397 e. The number of carbonyl (C=O) groups excluding carboxylic acids is 1. The number of halogens is 3. The molecule has 1 aromatic rings. The molecule has 0 saturated heterocycles. The van der Waals surface area contributed by atoms with Crippen molar-refractivity contribution in [2.24, 2.45) is 0 Å². The zero-order valence-electron chi connectivity index (χ0n) is 12.1. The van der Waals surface area contributed by atoms with Crippen LogP contribution >= 0.6 is 11.3 Å². The summed E-state index contributed by atoms with van der Waals surface area (Å²) in [5.74, 6) is -0.0956. The van der Waals surface area contributed by atoms with Crippen LogP contribution in [0.2, 0.25) is 0 Å². The van der Waals surface area contributed by atoms with Crippen LogP contribution in [0.15, 0.2) is 0 Å². The molecule has 2 rings (SSSR count). The number of hydrogen-bond acceptors (Lipinski definition) is 4. The number of alkyl halides is 3. The van der Waals surface area contributed by atoms with E-state index in [1.807, 2.05) is 0 Å². The quantitative estimate of drug-likeness (QED) is 0.928. The first-order chi connectivity index (χ1) is 9.61. The van der Waals surface area contributed by atoms with Crippen molar-refractivity contribution in [2.45, 2.75) is 24.9 Å². The number of carbonyl (C=O) groups is 1. The van der Waals surface area contributed by atoms with Gasteiger partial charge in [0.2, 0.25) is 0 Å². The Bertz CT molecular complexity index is 550. The molecule has 1 saturated carbocycles. The van der Waals surface area contributed by atoms with Crippen molar-refractivity contribution in [3.05, 3.63) is 10.4 Å². The van der Waals surface area contributed by atoms with Gasteiger partial charge < -0.3 is 15.5 Å². The zero-order chi connectivity index (χ0) is 15.9. The van der Waals surface area contributed by atoms with E-state index in [2.05, 4.69) is 0 Å². The molecular formula is C13H18F3N3OS. The fraction of sp³-hybridized carbons (Fsp3) is 0.615. The smallest absolute Gasteiger partial charge is 0.397 e. The Hall–Kier alpha value is -1.44. The van der Waals surface area contributed by atoms with Gasteiger partial charge in [-0.2, -0.15) is 13.2 Å². The van der Waals surface area contributed by atoms with Crippen LogP contribution in [0.3, 0.4) is 0 Å². The predicted molar refractivity (Wildman–Crippen MR) is 78.0 cm³/mol. The van der Waals surface area contributed by atoms with Crippen LogP contribution in [-0.4, -0.2) is 44.7 Å². The maximum Gasteiger partial charge on any atom is 0.405 e. The maximum absolute atomic E-state index is 12.6. The van der Waals surface area contributed by atoms with E-state index in [4.69, 9.17) is 5.73 Å². The van der Waals surface area contributed by atoms with Gasteiger partial charge in [-0.05, 0) is 18.8 Å². The molecule has 0 atom stereocenters. The van der Waals surface area contributed by atoms with E-state index < -0.39 is 12.7 Å². The summed E-state index contributed by atoms with van der Waals surface area (Å²) < 4.78 is 37.8. The molecule has 1 aliphatic carbocycles. The number of anilines is 2. The van der Waals surface area contributed by atoms with E-state index >= 15 is 0 Å². The molecule has 1 amide bonds. The highest BCUT2D eigenvalue weighted by molar-refractivity contribution is 7.18. The second kappa shape index (κ2) is 5.40. The first kappa shape index (κ1) is 15.9. The Balaban J connectivity index is 2.40. The fourth-order valence-electron chi connectivity index (χ4n) is 2.20. The molecule has 0 spiro atoms. The molecule has 4 nitrogen and oxygen atoms in total. The zero-order valence-corrected chi connectivity index (χ0v) is 12.9. The second-order valence-corrected chi connectivity index (χ2v) is 6.51. The Kier molecular flexibility index (Phi) is 4.10. The lowest BCUT2D eigenvalue weighted by Gasteiger charge is -2.20. The molecule has 1 aromatic heterocycles. The fourth-order valence-corrected chi connectivity index (χ4v) is 3.49. The van der Waals surface area contributed by atoms with Crippen LogP contribution in [0, 0.1) is 0 Å². The molecule has 0 unspecified atom stereocenters. The third-order valence-corrected chi connectivity index (χ3v) is 4.64. The molecule has 1 heterocycles. The van der Waals surface area contributed by atoms with Crippen molar-refractivity contribution in [1.82, 2.24) is 4.90 Å². The van der Waals surface area contributed by atoms with Gasteiger partial charge in [0, 0.05) is 26.7 Å². The van der Waals surface area contributed by atoms with Gasteiger partial charge >= 0.3 is 6.18 Å². The van der Waals surface area contributed by atoms with Crippen LogP contribution in [0.5, 0.6) is 0 Å². The number of nitrogen functional groups attached to an aromatic ring is 1. The molecule has 0 aromatic carbocycles. The van der Waals surface area contributed by atoms with Gasteiger partial charge in [0.25, 0.3) is 5.91 Å². The molecule has 118 valence electrons. The number of amides is 1. The standard InChI is InChI=1S/C13H18F3N3OS/c1-18(2)11(20)10-9(17)8(7-4-5-7)12(21-10)19(3)6-13(14,15)16/h7H,4-6,17H2,1-3H3. The van der Waals surface area contributed by atoms with Crippen molar-refractivity contribution >= 4 is 27.9 Å². The number of rotatable bonds is 4. The van der Waals surface area contributed by atoms with Gasteiger partial charge in [-0.15, -0.1) is 11.3 Å². The van der Waals surface area contributed by atoms with E-state index in [0.717, 1.165) is 29.1 Å². The highest BCUT2D eigenvalue weighted by atomic mass is 32.1. The average molecular weight is 321 g/mol. The van der Waals surface area contributed by atoms with Crippen LogP contribution in [0.4, 0.5) is 23.9 Å². The van der Waals surface area contributed by atoms with Gasteiger partial charge in [-0.1, -0.05) is 0 Å². The molecule has 1 fully saturated rings. The van der Waals surface area contributed by atoms with Gasteiger partial charge in [-0.25, -0.2) is 0 Å². The van der Waals surface area contributed by atoms with Crippen LogP contribution in [0.1, 0.15) is 34.0 Å². The minimum atomic E-state index is -4.29. The first-order valence-corrected chi connectivity index (χ1v) is 7.35. The van der Waals surface area contributed by atoms with Crippen molar-refractivity contribution < 1.29 is 18.0 Å². The van der Waals surface area contributed by atoms with Gasteiger partial charge in [0.1, 0.15) is 11.4 Å². The normalized spacial score (nSPS) is 15.1. The lowest BCUT2D eigenvalue weighted by atomic mass is 10.1. The summed E-state index contributed by atoms with van der Waals surface area (Å²) in [6.07, 6.45) is -2.48. The molecule has 1 aliphatic rings. The van der Waals surface area contributed by atoms with E-state index in [-0.39, 0.29) is 11.8 Å². The molecule has 8 heteroatoms. The van der Waals surface area contributed by atoms with E-state index in [9.17, 15) is 18.0 Å². The monoisotopic (exact) mass is 321 g/mol. The molecule has 2 N–H and O–H groups in total. The number of thiophene rings is 1. The third-order valence-electron chi connectivity index (χ3n) is 3.31. The lowest BCUT2D eigenvalue weighted by Crippen LogP contribution is -2.30. The summed E-state index contributed by atoms with van der Waals surface area (Å²) >= 11 is 1.05. The summed E-state index contributed by atoms with van der Waals surface area (Å²) in [7, 11) is 4.57. The van der Waals surface area contributed by atoms with Crippen molar-refractivity contribution in [3.8, 4) is 0 Å². The maximum atomic E-state index is 12.6. The topological polar surface area (TPSA) is 49.6 Å². The summed E-state index contributed by atoms with van der Waals surface area (Å²) in [4.78, 5) is 14.9. The Morgan fingerprint density at radius 1 is 1.33 bits per heavy atom. The Labute approximate surface area is 125 Å². The van der Waals surface area contributed by atoms with E-state index in [1.54, 1.807) is 14.1 Å². The number of hydrogen-bond donors (Lipinski definition) is 1. The minimum absolute atomic E-state index is 0.177. The number of nitrogens with zero attached hydrogens (tertiary/aromatic N) is 2. The molecular weight excluding hydrogens is 303 g/mol. The van der Waals surface area contributed by atoms with Crippen molar-refractivity contribution in [3.63, 3.8) is 0 Å². The average Bonchev–Trinajstić information content (AvgIpc) is 3.10. The van der Waals surface area contributed by atoms with Crippen molar-refractivity contribution in [2.75, 3.05) is 38.3 Å².